The standard InChI is InChI=1S/C15H21N3O2/c1-12-11-13(5-6-14(12)17-2)15(19)18(8-4-7-16)9-10-20-3/h5-6,11,17H,4,8-10H2,1-3H3. The Bertz CT molecular complexity index is 494. The maximum atomic E-state index is 12.4. The Morgan fingerprint density at radius 2 is 2.20 bits per heavy atom. The van der Waals surface area contributed by atoms with E-state index in [1.165, 1.54) is 0 Å². The summed E-state index contributed by atoms with van der Waals surface area (Å²) in [5.74, 6) is -0.0666. The highest BCUT2D eigenvalue weighted by Gasteiger charge is 2.15. The molecule has 20 heavy (non-hydrogen) atoms. The minimum absolute atomic E-state index is 0.0666. The van der Waals surface area contributed by atoms with Crippen molar-refractivity contribution in [1.29, 1.82) is 5.26 Å². The Balaban J connectivity index is 2.87. The monoisotopic (exact) mass is 275 g/mol. The average Bonchev–Trinajstić information content (AvgIpc) is 2.46. The SMILES string of the molecule is CNc1ccc(C(=O)N(CCC#N)CCOC)cc1C. The van der Waals surface area contributed by atoms with Crippen LogP contribution in [0.1, 0.15) is 22.3 Å². The van der Waals surface area contributed by atoms with Gasteiger partial charge in [0.15, 0.2) is 0 Å². The van der Waals surface area contributed by atoms with Crippen LogP contribution in [0.5, 0.6) is 0 Å². The van der Waals surface area contributed by atoms with Crippen LogP contribution in [0.3, 0.4) is 0 Å². The number of methoxy groups -OCH3 is 1. The van der Waals surface area contributed by atoms with E-state index in [1.807, 2.05) is 26.1 Å². The fourth-order valence-electron chi connectivity index (χ4n) is 1.96. The summed E-state index contributed by atoms with van der Waals surface area (Å²) in [6.45, 7) is 3.33. The smallest absolute Gasteiger partial charge is 0.253 e. The van der Waals surface area contributed by atoms with Gasteiger partial charge in [-0.05, 0) is 30.7 Å². The first-order valence-electron chi connectivity index (χ1n) is 6.57. The van der Waals surface area contributed by atoms with E-state index in [-0.39, 0.29) is 5.91 Å². The molecule has 5 heteroatoms. The number of anilines is 1. The molecule has 1 aromatic rings. The lowest BCUT2D eigenvalue weighted by atomic mass is 10.1. The first kappa shape index (κ1) is 16.0. The molecule has 0 fully saturated rings. The Morgan fingerprint density at radius 1 is 1.45 bits per heavy atom. The van der Waals surface area contributed by atoms with Crippen LogP contribution in [-0.2, 0) is 4.74 Å². The van der Waals surface area contributed by atoms with Crippen molar-refractivity contribution in [2.45, 2.75) is 13.3 Å². The Morgan fingerprint density at radius 3 is 2.75 bits per heavy atom. The fraction of sp³-hybridized carbons (Fsp3) is 0.467. The maximum Gasteiger partial charge on any atom is 0.253 e. The van der Waals surface area contributed by atoms with Gasteiger partial charge >= 0.3 is 0 Å². The molecule has 5 nitrogen and oxygen atoms in total. The molecule has 0 saturated heterocycles. The second-order valence-corrected chi connectivity index (χ2v) is 4.47. The molecule has 0 bridgehead atoms. The minimum atomic E-state index is -0.0666. The molecule has 0 spiro atoms. The van der Waals surface area contributed by atoms with Gasteiger partial charge in [-0.1, -0.05) is 0 Å². The molecule has 0 unspecified atom stereocenters. The van der Waals surface area contributed by atoms with Crippen molar-refractivity contribution < 1.29 is 9.53 Å². The number of hydrogen-bond acceptors (Lipinski definition) is 4. The highest BCUT2D eigenvalue weighted by Crippen LogP contribution is 2.17. The number of ether oxygens (including phenoxy) is 1. The molecule has 1 amide bonds. The summed E-state index contributed by atoms with van der Waals surface area (Å²) in [5.41, 5.74) is 2.66. The highest BCUT2D eigenvalue weighted by molar-refractivity contribution is 5.95. The van der Waals surface area contributed by atoms with Crippen molar-refractivity contribution in [2.24, 2.45) is 0 Å². The summed E-state index contributed by atoms with van der Waals surface area (Å²) < 4.78 is 5.01. The van der Waals surface area contributed by atoms with Gasteiger partial charge in [0.25, 0.3) is 5.91 Å². The predicted molar refractivity (Wildman–Crippen MR) is 78.7 cm³/mol. The largest absolute Gasteiger partial charge is 0.388 e. The normalized spacial score (nSPS) is 9.90. The van der Waals surface area contributed by atoms with Crippen LogP contribution in [-0.4, -0.2) is 44.7 Å². The summed E-state index contributed by atoms with van der Waals surface area (Å²) in [7, 11) is 3.44. The molecule has 0 heterocycles. The zero-order valence-corrected chi connectivity index (χ0v) is 12.3. The van der Waals surface area contributed by atoms with Crippen LogP contribution < -0.4 is 5.32 Å². The van der Waals surface area contributed by atoms with E-state index in [9.17, 15) is 4.79 Å². The third kappa shape index (κ3) is 4.25. The number of nitrogens with zero attached hydrogens (tertiary/aromatic N) is 2. The molecule has 1 aromatic carbocycles. The third-order valence-electron chi connectivity index (χ3n) is 3.09. The first-order valence-corrected chi connectivity index (χ1v) is 6.57. The van der Waals surface area contributed by atoms with Crippen LogP contribution in [0.4, 0.5) is 5.69 Å². The van der Waals surface area contributed by atoms with Crippen LogP contribution >= 0.6 is 0 Å². The predicted octanol–water partition coefficient (Wildman–Crippen LogP) is 2.04. The zero-order valence-electron chi connectivity index (χ0n) is 12.3. The number of carbonyl (C=O) groups excluding carboxylic acids is 1. The Hall–Kier alpha value is -2.06. The van der Waals surface area contributed by atoms with Crippen molar-refractivity contribution >= 4 is 11.6 Å². The van der Waals surface area contributed by atoms with Gasteiger partial charge in [-0.3, -0.25) is 4.79 Å². The van der Waals surface area contributed by atoms with Gasteiger partial charge in [0, 0.05) is 38.5 Å². The van der Waals surface area contributed by atoms with E-state index < -0.39 is 0 Å². The summed E-state index contributed by atoms with van der Waals surface area (Å²) >= 11 is 0. The number of aryl methyl sites for hydroxylation is 1. The topological polar surface area (TPSA) is 65.4 Å². The van der Waals surface area contributed by atoms with E-state index >= 15 is 0 Å². The molecule has 0 atom stereocenters. The highest BCUT2D eigenvalue weighted by atomic mass is 16.5. The number of rotatable bonds is 7. The second-order valence-electron chi connectivity index (χ2n) is 4.47. The second kappa shape index (κ2) is 8.18. The number of hydrogen-bond donors (Lipinski definition) is 1. The van der Waals surface area contributed by atoms with Crippen molar-refractivity contribution in [3.05, 3.63) is 29.3 Å². The minimum Gasteiger partial charge on any atom is -0.388 e. The molecule has 0 aliphatic rings. The zero-order chi connectivity index (χ0) is 15.0. The number of benzene rings is 1. The summed E-state index contributed by atoms with van der Waals surface area (Å²) in [6.07, 6.45) is 0.322. The molecule has 1 N–H and O–H groups in total. The molecular weight excluding hydrogens is 254 g/mol. The van der Waals surface area contributed by atoms with Gasteiger partial charge in [-0.2, -0.15) is 5.26 Å². The lowest BCUT2D eigenvalue weighted by Crippen LogP contribution is -2.34. The molecule has 0 radical (unpaired) electrons. The van der Waals surface area contributed by atoms with Gasteiger partial charge in [-0.15, -0.1) is 0 Å². The van der Waals surface area contributed by atoms with Crippen LogP contribution in [0.2, 0.25) is 0 Å². The Kier molecular flexibility index (Phi) is 6.54. The third-order valence-corrected chi connectivity index (χ3v) is 3.09. The number of nitrogens with one attached hydrogen (secondary N) is 1. The first-order chi connectivity index (χ1) is 9.63. The van der Waals surface area contributed by atoms with Gasteiger partial charge in [0.1, 0.15) is 0 Å². The summed E-state index contributed by atoms with van der Waals surface area (Å²) in [6, 6.07) is 7.62. The van der Waals surface area contributed by atoms with E-state index in [0.717, 1.165) is 11.3 Å². The summed E-state index contributed by atoms with van der Waals surface area (Å²) in [4.78, 5) is 14.1. The van der Waals surface area contributed by atoms with Crippen molar-refractivity contribution in [3.63, 3.8) is 0 Å². The van der Waals surface area contributed by atoms with Gasteiger partial charge in [-0.25, -0.2) is 0 Å². The van der Waals surface area contributed by atoms with Crippen molar-refractivity contribution in [1.82, 2.24) is 4.90 Å². The van der Waals surface area contributed by atoms with Gasteiger partial charge in [0.2, 0.25) is 0 Å². The molecule has 108 valence electrons. The maximum absolute atomic E-state index is 12.4. The van der Waals surface area contributed by atoms with Crippen LogP contribution in [0.25, 0.3) is 0 Å². The lowest BCUT2D eigenvalue weighted by Gasteiger charge is -2.21. The van der Waals surface area contributed by atoms with Crippen LogP contribution in [0, 0.1) is 18.3 Å². The average molecular weight is 275 g/mol. The van der Waals surface area contributed by atoms with Crippen molar-refractivity contribution in [3.8, 4) is 6.07 Å². The van der Waals surface area contributed by atoms with E-state index in [4.69, 9.17) is 10.00 Å². The van der Waals surface area contributed by atoms with E-state index in [2.05, 4.69) is 11.4 Å². The van der Waals surface area contributed by atoms with Gasteiger partial charge in [0.05, 0.1) is 19.1 Å². The van der Waals surface area contributed by atoms with E-state index in [1.54, 1.807) is 18.1 Å². The molecule has 0 aliphatic carbocycles. The molecule has 1 rings (SSSR count). The van der Waals surface area contributed by atoms with Crippen molar-refractivity contribution in [2.75, 3.05) is 39.2 Å². The summed E-state index contributed by atoms with van der Waals surface area (Å²) in [5, 5.41) is 11.7. The molecule has 0 aliphatic heterocycles. The van der Waals surface area contributed by atoms with Gasteiger partial charge < -0.3 is 15.0 Å². The molecule has 0 aromatic heterocycles. The van der Waals surface area contributed by atoms with Crippen LogP contribution in [0.15, 0.2) is 18.2 Å². The fourth-order valence-corrected chi connectivity index (χ4v) is 1.96. The lowest BCUT2D eigenvalue weighted by molar-refractivity contribution is 0.0700. The molecular formula is C15H21N3O2. The number of carbonyl (C=O) groups is 1. The Labute approximate surface area is 120 Å². The number of amides is 1. The number of nitriles is 1. The quantitative estimate of drug-likeness (QED) is 0.827. The molecule has 0 saturated carbocycles. The van der Waals surface area contributed by atoms with E-state index in [0.29, 0.717) is 31.7 Å².